The van der Waals surface area contributed by atoms with E-state index in [4.69, 9.17) is 9.47 Å². The van der Waals surface area contributed by atoms with Gasteiger partial charge in [0.2, 0.25) is 35.4 Å². The third-order valence-corrected chi connectivity index (χ3v) is 15.0. The molecule has 4 fully saturated rings. The van der Waals surface area contributed by atoms with Crippen molar-refractivity contribution < 1.29 is 47.8 Å². The predicted octanol–water partition coefficient (Wildman–Crippen LogP) is 7.85. The summed E-state index contributed by atoms with van der Waals surface area (Å²) in [5.41, 5.74) is 0.639. The normalized spacial score (nSPS) is 20.3. The van der Waals surface area contributed by atoms with Crippen LogP contribution in [0.5, 0.6) is 0 Å². The van der Waals surface area contributed by atoms with Crippen LogP contribution in [-0.2, 0) is 38.2 Å². The fourth-order valence-corrected chi connectivity index (χ4v) is 10.6. The summed E-state index contributed by atoms with van der Waals surface area (Å²) >= 11 is 0. The molecule has 4 N–H and O–H groups in total. The zero-order valence-corrected chi connectivity index (χ0v) is 45.4. The molecule has 74 heavy (non-hydrogen) atoms. The standard InChI is InChI=1S/C56H82N8O10/c1-35(61(9)53(71)73-55(3,4)5)47(65)59-45(37-23-13-11-14-24-37)51(69)63-33-21-31-43(63)49(67)57-41-29-19-17-27-39(41)40-28-18-20-30-42(40)58-50(68)44-32-22-34-64(44)52(70)46(38-25-15-12-16-26-38)60-48(66)36(2)62(10)54(72)74-56(6,7)8/h17-20,27-30,35-38,43-46H,11-16,21-26,31-34H2,1-10H3,(H,57,67)(H,58,68)(H,59,65)(H,60,66)/t35-,36-,43-,44-,45-,46-/m0/s1. The number of anilines is 2. The van der Waals surface area contributed by atoms with Gasteiger partial charge in [-0.25, -0.2) is 9.59 Å². The quantitative estimate of drug-likeness (QED) is 0.136. The van der Waals surface area contributed by atoms with Crippen LogP contribution in [0.4, 0.5) is 21.0 Å². The van der Waals surface area contributed by atoms with Crippen LogP contribution < -0.4 is 21.3 Å². The van der Waals surface area contributed by atoms with E-state index in [1.807, 2.05) is 24.3 Å². The number of para-hydroxylation sites is 2. The van der Waals surface area contributed by atoms with E-state index in [2.05, 4.69) is 21.3 Å². The number of rotatable bonds is 15. The van der Waals surface area contributed by atoms with Gasteiger partial charge in [-0.1, -0.05) is 74.9 Å². The van der Waals surface area contributed by atoms with Crippen LogP contribution in [0.15, 0.2) is 48.5 Å². The summed E-state index contributed by atoms with van der Waals surface area (Å²) < 4.78 is 11.0. The number of likely N-dealkylation sites (N-methyl/N-ethyl adjacent to an activating group) is 2. The van der Waals surface area contributed by atoms with Crippen molar-refractivity contribution in [3.05, 3.63) is 48.5 Å². The van der Waals surface area contributed by atoms with Gasteiger partial charge in [0, 0.05) is 49.7 Å². The minimum absolute atomic E-state index is 0.141. The van der Waals surface area contributed by atoms with Crippen LogP contribution in [0, 0.1) is 11.8 Å². The van der Waals surface area contributed by atoms with E-state index in [9.17, 15) is 38.4 Å². The number of hydrogen-bond donors (Lipinski definition) is 4. The molecule has 2 saturated heterocycles. The van der Waals surface area contributed by atoms with Crippen LogP contribution in [0.2, 0.25) is 0 Å². The summed E-state index contributed by atoms with van der Waals surface area (Å²) in [6.45, 7) is 14.3. The first kappa shape index (κ1) is 57.1. The highest BCUT2D eigenvalue weighted by Crippen LogP contribution is 2.36. The lowest BCUT2D eigenvalue weighted by Gasteiger charge is -2.36. The van der Waals surface area contributed by atoms with Gasteiger partial charge in [0.1, 0.15) is 47.5 Å². The average molecular weight is 1030 g/mol. The number of ether oxygens (including phenoxy) is 2. The number of likely N-dealkylation sites (tertiary alicyclic amines) is 2. The molecule has 0 aromatic heterocycles. The van der Waals surface area contributed by atoms with Gasteiger partial charge in [0.25, 0.3) is 0 Å². The molecule has 2 aliphatic carbocycles. The highest BCUT2D eigenvalue weighted by molar-refractivity contribution is 6.05. The van der Waals surface area contributed by atoms with E-state index in [0.717, 1.165) is 64.2 Å². The third kappa shape index (κ3) is 14.6. The van der Waals surface area contributed by atoms with Gasteiger partial charge >= 0.3 is 12.2 Å². The number of carbonyl (C=O) groups excluding carboxylic acids is 8. The highest BCUT2D eigenvalue weighted by atomic mass is 16.6. The molecule has 0 radical (unpaired) electrons. The number of hydrogen-bond acceptors (Lipinski definition) is 10. The molecule has 0 bridgehead atoms. The van der Waals surface area contributed by atoms with Crippen molar-refractivity contribution in [3.8, 4) is 11.1 Å². The molecule has 4 aliphatic rings. The molecule has 2 aliphatic heterocycles. The molecule has 6 atom stereocenters. The molecule has 0 unspecified atom stereocenters. The Hall–Kier alpha value is -6.20. The molecule has 2 heterocycles. The first-order valence-corrected chi connectivity index (χ1v) is 26.9. The Labute approximate surface area is 437 Å². The smallest absolute Gasteiger partial charge is 0.410 e. The van der Waals surface area contributed by atoms with Crippen LogP contribution in [0.25, 0.3) is 11.1 Å². The van der Waals surface area contributed by atoms with Gasteiger partial charge in [-0.05, 0) is 131 Å². The minimum Gasteiger partial charge on any atom is -0.444 e. The van der Waals surface area contributed by atoms with E-state index >= 15 is 0 Å². The van der Waals surface area contributed by atoms with Gasteiger partial charge in [-0.2, -0.15) is 0 Å². The first-order valence-electron chi connectivity index (χ1n) is 26.9. The van der Waals surface area contributed by atoms with Crippen molar-refractivity contribution in [3.63, 3.8) is 0 Å². The monoisotopic (exact) mass is 1030 g/mol. The van der Waals surface area contributed by atoms with Crippen LogP contribution in [-0.4, -0.2) is 142 Å². The fourth-order valence-electron chi connectivity index (χ4n) is 10.6. The lowest BCUT2D eigenvalue weighted by molar-refractivity contribution is -0.142. The molecule has 2 saturated carbocycles. The summed E-state index contributed by atoms with van der Waals surface area (Å²) in [7, 11) is 2.98. The second-order valence-electron chi connectivity index (χ2n) is 22.8. The second-order valence-corrected chi connectivity index (χ2v) is 22.8. The predicted molar refractivity (Wildman–Crippen MR) is 283 cm³/mol. The zero-order valence-electron chi connectivity index (χ0n) is 45.4. The van der Waals surface area contributed by atoms with E-state index in [1.54, 1.807) is 89.5 Å². The van der Waals surface area contributed by atoms with Crippen molar-refractivity contribution in [2.75, 3.05) is 37.8 Å². The maximum absolute atomic E-state index is 14.7. The van der Waals surface area contributed by atoms with E-state index in [1.165, 1.54) is 23.9 Å². The van der Waals surface area contributed by atoms with Gasteiger partial charge in [0.15, 0.2) is 0 Å². The minimum atomic E-state index is -0.931. The molecule has 0 spiro atoms. The number of amides is 8. The molecule has 2 aromatic rings. The van der Waals surface area contributed by atoms with Gasteiger partial charge < -0.3 is 40.5 Å². The zero-order chi connectivity index (χ0) is 54.1. The number of nitrogens with zero attached hydrogens (tertiary/aromatic N) is 4. The third-order valence-electron chi connectivity index (χ3n) is 15.0. The fraction of sp³-hybridized carbons (Fsp3) is 0.643. The van der Waals surface area contributed by atoms with Crippen molar-refractivity contribution in [2.45, 2.75) is 193 Å². The molecular weight excluding hydrogens is 945 g/mol. The largest absolute Gasteiger partial charge is 0.444 e. The van der Waals surface area contributed by atoms with Crippen molar-refractivity contribution in [1.29, 1.82) is 0 Å². The molecule has 2 aromatic carbocycles. The van der Waals surface area contributed by atoms with E-state index in [0.29, 0.717) is 61.3 Å². The Bertz CT molecular complexity index is 2190. The Kier molecular flexibility index (Phi) is 19.2. The van der Waals surface area contributed by atoms with Gasteiger partial charge in [0.05, 0.1) is 0 Å². The van der Waals surface area contributed by atoms with Crippen molar-refractivity contribution >= 4 is 59.0 Å². The lowest BCUT2D eigenvalue weighted by Crippen LogP contribution is -2.58. The summed E-state index contributed by atoms with van der Waals surface area (Å²) in [5.74, 6) is -2.69. The maximum atomic E-state index is 14.7. The Morgan fingerprint density at radius 1 is 0.514 bits per heavy atom. The Balaban J connectivity index is 1.17. The SMILES string of the molecule is C[C@@H](C(=O)N[C@H](C(=O)N1CCC[C@H]1C(=O)Nc1ccccc1-c1ccccc1NC(=O)[C@@H]1CCCN1C(=O)[C@@H](NC(=O)[C@H](C)N(C)C(=O)OC(C)(C)C)C1CCCCC1)C1CCCCC1)N(C)C(=O)OC(C)(C)C. The second kappa shape index (κ2) is 24.9. The summed E-state index contributed by atoms with van der Waals surface area (Å²) in [6, 6.07) is 9.17. The first-order chi connectivity index (χ1) is 35.0. The molecule has 406 valence electrons. The van der Waals surface area contributed by atoms with Crippen molar-refractivity contribution in [1.82, 2.24) is 30.2 Å². The maximum Gasteiger partial charge on any atom is 0.410 e. The summed E-state index contributed by atoms with van der Waals surface area (Å²) in [5, 5.41) is 12.2. The van der Waals surface area contributed by atoms with Crippen LogP contribution in [0.3, 0.4) is 0 Å². The number of nitrogens with one attached hydrogen (secondary N) is 4. The van der Waals surface area contributed by atoms with Crippen LogP contribution in [0.1, 0.15) is 145 Å². The summed E-state index contributed by atoms with van der Waals surface area (Å²) in [6.07, 6.45) is 9.37. The average Bonchev–Trinajstić information content (AvgIpc) is 4.08. The van der Waals surface area contributed by atoms with Gasteiger partial charge in [-0.15, -0.1) is 0 Å². The Morgan fingerprint density at radius 3 is 1.19 bits per heavy atom. The molecule has 8 amide bonds. The lowest BCUT2D eigenvalue weighted by atomic mass is 9.83. The number of carbonyl (C=O) groups is 8. The van der Waals surface area contributed by atoms with Crippen LogP contribution >= 0.6 is 0 Å². The summed E-state index contributed by atoms with van der Waals surface area (Å²) in [4.78, 5) is 117. The van der Waals surface area contributed by atoms with E-state index in [-0.39, 0.29) is 35.5 Å². The molecular formula is C56H82N8O10. The Morgan fingerprint density at radius 2 is 0.851 bits per heavy atom. The van der Waals surface area contributed by atoms with Gasteiger partial charge in [-0.3, -0.25) is 38.6 Å². The molecule has 18 nitrogen and oxygen atoms in total. The van der Waals surface area contributed by atoms with Crippen molar-refractivity contribution in [2.24, 2.45) is 11.8 Å². The number of benzene rings is 2. The topological polar surface area (TPSA) is 216 Å². The highest BCUT2D eigenvalue weighted by Gasteiger charge is 2.44. The molecule has 18 heteroatoms. The molecule has 6 rings (SSSR count). The van der Waals surface area contributed by atoms with E-state index < -0.39 is 71.5 Å².